The zero-order chi connectivity index (χ0) is 23.0. The van der Waals surface area contributed by atoms with E-state index in [1.807, 2.05) is 0 Å². The topological polar surface area (TPSA) is 78.0 Å². The number of primary sulfonamides is 1. The normalized spacial score (nSPS) is 11.8. The number of benzene rings is 3. The zero-order valence-electron chi connectivity index (χ0n) is 16.2. The van der Waals surface area contributed by atoms with Gasteiger partial charge in [0.1, 0.15) is 11.5 Å². The second kappa shape index (κ2) is 8.42. The fraction of sp³-hybridized carbons (Fsp3) is 0.0455. The van der Waals surface area contributed by atoms with Crippen LogP contribution in [-0.2, 0) is 10.0 Å². The van der Waals surface area contributed by atoms with Crippen molar-refractivity contribution in [2.24, 2.45) is 5.14 Å². The van der Waals surface area contributed by atoms with Crippen LogP contribution < -0.4 is 5.14 Å². The fourth-order valence-corrected chi connectivity index (χ4v) is 4.05. The molecular weight excluding hydrogens is 463 g/mol. The van der Waals surface area contributed by atoms with Crippen molar-refractivity contribution >= 4 is 21.6 Å². The van der Waals surface area contributed by atoms with Gasteiger partial charge in [-0.1, -0.05) is 41.9 Å². The maximum atomic E-state index is 14.0. The Kier molecular flexibility index (Phi) is 5.81. The van der Waals surface area contributed by atoms with Crippen LogP contribution in [0, 0.1) is 5.82 Å². The molecule has 0 fully saturated rings. The van der Waals surface area contributed by atoms with Crippen LogP contribution >= 0.6 is 11.6 Å². The van der Waals surface area contributed by atoms with Crippen molar-refractivity contribution in [3.8, 4) is 28.1 Å². The second-order valence-corrected chi connectivity index (χ2v) is 8.88. The van der Waals surface area contributed by atoms with E-state index in [0.29, 0.717) is 21.8 Å². The zero-order valence-corrected chi connectivity index (χ0v) is 17.8. The van der Waals surface area contributed by atoms with Gasteiger partial charge in [-0.25, -0.2) is 31.4 Å². The summed E-state index contributed by atoms with van der Waals surface area (Å²) >= 11 is 6.10. The molecule has 3 aromatic carbocycles. The maximum absolute atomic E-state index is 14.0. The molecule has 0 atom stereocenters. The predicted octanol–water partition coefficient (Wildman–Crippen LogP) is 5.58. The van der Waals surface area contributed by atoms with E-state index in [1.54, 1.807) is 24.3 Å². The predicted molar refractivity (Wildman–Crippen MR) is 116 cm³/mol. The Morgan fingerprint density at radius 2 is 1.56 bits per heavy atom. The lowest BCUT2D eigenvalue weighted by atomic mass is 9.98. The lowest BCUT2D eigenvalue weighted by molar-refractivity contribution is 0.146. The Balaban J connectivity index is 2.05. The van der Waals surface area contributed by atoms with Crippen LogP contribution in [0.5, 0.6) is 0 Å². The number of nitrogens with two attached hydrogens (primary N) is 1. The van der Waals surface area contributed by atoms with E-state index in [-0.39, 0.29) is 16.2 Å². The highest BCUT2D eigenvalue weighted by Crippen LogP contribution is 2.41. The number of nitrogens with zero attached hydrogens (tertiary/aromatic N) is 2. The molecule has 0 aliphatic heterocycles. The van der Waals surface area contributed by atoms with Crippen molar-refractivity contribution in [3.05, 3.63) is 89.3 Å². The Labute approximate surface area is 186 Å². The first-order chi connectivity index (χ1) is 15.1. The molecule has 0 aliphatic carbocycles. The molecule has 0 radical (unpaired) electrons. The summed E-state index contributed by atoms with van der Waals surface area (Å²) in [6, 6.07) is 17.0. The van der Waals surface area contributed by atoms with Gasteiger partial charge in [0.15, 0.2) is 0 Å². The molecule has 10 heteroatoms. The van der Waals surface area contributed by atoms with Crippen LogP contribution in [0.4, 0.5) is 13.2 Å². The summed E-state index contributed by atoms with van der Waals surface area (Å²) in [7, 11) is -3.95. The first-order valence-corrected chi connectivity index (χ1v) is 11.1. The first-order valence-electron chi connectivity index (χ1n) is 9.21. The van der Waals surface area contributed by atoms with Gasteiger partial charge in [-0.2, -0.15) is 5.10 Å². The van der Waals surface area contributed by atoms with Crippen molar-refractivity contribution in [2.75, 3.05) is 0 Å². The van der Waals surface area contributed by atoms with Crippen LogP contribution in [0.15, 0.2) is 77.7 Å². The molecule has 32 heavy (non-hydrogen) atoms. The summed E-state index contributed by atoms with van der Waals surface area (Å²) in [5.41, 5.74) is 0.968. The number of sulfonamides is 1. The van der Waals surface area contributed by atoms with Crippen LogP contribution in [0.1, 0.15) is 12.1 Å². The molecule has 0 amide bonds. The summed E-state index contributed by atoms with van der Waals surface area (Å²) in [5.74, 6) is -0.520. The van der Waals surface area contributed by atoms with E-state index < -0.39 is 28.0 Å². The van der Waals surface area contributed by atoms with Gasteiger partial charge < -0.3 is 0 Å². The lowest BCUT2D eigenvalue weighted by Gasteiger charge is -2.12. The highest BCUT2D eigenvalue weighted by atomic mass is 35.5. The average molecular weight is 478 g/mol. The maximum Gasteiger partial charge on any atom is 0.282 e. The van der Waals surface area contributed by atoms with Crippen molar-refractivity contribution in [1.29, 1.82) is 0 Å². The van der Waals surface area contributed by atoms with Crippen molar-refractivity contribution in [1.82, 2.24) is 9.78 Å². The Hall–Kier alpha value is -3.14. The summed E-state index contributed by atoms with van der Waals surface area (Å²) in [4.78, 5) is -0.132. The Morgan fingerprint density at radius 1 is 0.938 bits per heavy atom. The van der Waals surface area contributed by atoms with Gasteiger partial charge >= 0.3 is 0 Å². The van der Waals surface area contributed by atoms with E-state index in [9.17, 15) is 21.6 Å². The molecule has 4 aromatic rings. The van der Waals surface area contributed by atoms with E-state index in [4.69, 9.17) is 16.7 Å². The minimum absolute atomic E-state index is 0.0864. The lowest BCUT2D eigenvalue weighted by Crippen LogP contribution is -2.11. The van der Waals surface area contributed by atoms with Gasteiger partial charge in [0.25, 0.3) is 6.43 Å². The largest absolute Gasteiger partial charge is 0.282 e. The molecule has 4 rings (SSSR count). The van der Waals surface area contributed by atoms with E-state index in [2.05, 4.69) is 5.10 Å². The summed E-state index contributed by atoms with van der Waals surface area (Å²) in [6.07, 6.45) is -2.93. The van der Waals surface area contributed by atoms with Crippen molar-refractivity contribution in [2.45, 2.75) is 11.3 Å². The molecule has 0 saturated carbocycles. The fourth-order valence-electron chi connectivity index (χ4n) is 3.35. The van der Waals surface area contributed by atoms with Gasteiger partial charge in [-0.3, -0.25) is 0 Å². The third-order valence-corrected chi connectivity index (χ3v) is 5.93. The molecule has 1 heterocycles. The molecule has 0 saturated heterocycles. The SMILES string of the molecule is NS(=O)(=O)c1ccc(-c2c(-c3ccc(F)cc3)c(C(F)F)nn2-c2cccc(Cl)c2)cc1. The molecular formula is C22H15ClF3N3O2S. The quantitative estimate of drug-likeness (QED) is 0.407. The standard InChI is InChI=1S/C22H15ClF3N3O2S/c23-15-2-1-3-17(12-15)29-21(14-6-10-18(11-7-14)32(27,30)31)19(20(28-29)22(25)26)13-4-8-16(24)9-5-13/h1-12,22H,(H2,27,30,31). The first kappa shape index (κ1) is 22.1. The molecule has 0 bridgehead atoms. The minimum atomic E-state index is -3.95. The third-order valence-electron chi connectivity index (χ3n) is 4.76. The van der Waals surface area contributed by atoms with Crippen LogP contribution in [0.2, 0.25) is 5.02 Å². The highest BCUT2D eigenvalue weighted by Gasteiger charge is 2.27. The van der Waals surface area contributed by atoms with E-state index in [1.165, 1.54) is 41.1 Å². The van der Waals surface area contributed by atoms with Gasteiger partial charge in [-0.15, -0.1) is 0 Å². The summed E-state index contributed by atoms with van der Waals surface area (Å²) < 4.78 is 66.2. The third kappa shape index (κ3) is 4.27. The van der Waals surface area contributed by atoms with Gasteiger partial charge in [0, 0.05) is 16.1 Å². The van der Waals surface area contributed by atoms with Gasteiger partial charge in [0.05, 0.1) is 16.3 Å². The molecule has 0 aliphatic rings. The van der Waals surface area contributed by atoms with E-state index >= 15 is 0 Å². The van der Waals surface area contributed by atoms with Crippen LogP contribution in [-0.4, -0.2) is 18.2 Å². The number of alkyl halides is 2. The number of hydrogen-bond acceptors (Lipinski definition) is 3. The molecule has 0 spiro atoms. The molecule has 0 unspecified atom stereocenters. The number of hydrogen-bond donors (Lipinski definition) is 1. The monoisotopic (exact) mass is 477 g/mol. The van der Waals surface area contributed by atoms with Crippen molar-refractivity contribution in [3.63, 3.8) is 0 Å². The molecule has 2 N–H and O–H groups in total. The van der Waals surface area contributed by atoms with Gasteiger partial charge in [0.2, 0.25) is 10.0 Å². The molecule has 5 nitrogen and oxygen atoms in total. The van der Waals surface area contributed by atoms with Crippen molar-refractivity contribution < 1.29 is 21.6 Å². The van der Waals surface area contributed by atoms with Gasteiger partial charge in [-0.05, 0) is 48.0 Å². The van der Waals surface area contributed by atoms with Crippen LogP contribution in [0.25, 0.3) is 28.1 Å². The highest BCUT2D eigenvalue weighted by molar-refractivity contribution is 7.89. The summed E-state index contributed by atoms with van der Waals surface area (Å²) in [5, 5.41) is 9.68. The van der Waals surface area contributed by atoms with E-state index in [0.717, 1.165) is 12.1 Å². The second-order valence-electron chi connectivity index (χ2n) is 6.88. The molecule has 164 valence electrons. The Bertz CT molecular complexity index is 1390. The summed E-state index contributed by atoms with van der Waals surface area (Å²) in [6.45, 7) is 0. The number of halogens is 4. The average Bonchev–Trinajstić information content (AvgIpc) is 3.15. The molecule has 1 aromatic heterocycles. The smallest absolute Gasteiger partial charge is 0.232 e. The van der Waals surface area contributed by atoms with Crippen LogP contribution in [0.3, 0.4) is 0 Å². The minimum Gasteiger partial charge on any atom is -0.232 e. The number of rotatable bonds is 5. The Morgan fingerprint density at radius 3 is 2.12 bits per heavy atom. The number of aromatic nitrogens is 2.